The molecule has 1 saturated carbocycles. The summed E-state index contributed by atoms with van der Waals surface area (Å²) < 4.78 is 0. The minimum Gasteiger partial charge on any atom is -0.328 e. The van der Waals surface area contributed by atoms with Gasteiger partial charge in [-0.05, 0) is 60.1 Å². The van der Waals surface area contributed by atoms with E-state index in [2.05, 4.69) is 51.3 Å². The molecule has 2 aliphatic carbocycles. The number of aromatic nitrogens is 1. The maximum Gasteiger partial charge on any atom is 0.0964 e. The first-order chi connectivity index (χ1) is 11.8. The largest absolute Gasteiger partial charge is 0.328 e. The summed E-state index contributed by atoms with van der Waals surface area (Å²) in [5.74, 6) is 0.571. The Balaban J connectivity index is 1.70. The van der Waals surface area contributed by atoms with Crippen LogP contribution in [0.5, 0.6) is 0 Å². The molecule has 2 unspecified atom stereocenters. The zero-order valence-electron chi connectivity index (χ0n) is 15.9. The molecule has 1 fully saturated rings. The van der Waals surface area contributed by atoms with E-state index in [0.29, 0.717) is 12.0 Å². The number of nitrogens with zero attached hydrogens (tertiary/aromatic N) is 1. The second-order valence-electron chi connectivity index (χ2n) is 9.37. The van der Waals surface area contributed by atoms with Gasteiger partial charge >= 0.3 is 0 Å². The third-order valence-corrected chi connectivity index (χ3v) is 7.50. The summed E-state index contributed by atoms with van der Waals surface area (Å²) in [6, 6.07) is 7.41. The minimum absolute atomic E-state index is 0.248. The van der Waals surface area contributed by atoms with Crippen molar-refractivity contribution in [1.82, 2.24) is 4.98 Å². The van der Waals surface area contributed by atoms with Gasteiger partial charge in [-0.25, -0.2) is 4.98 Å². The molecule has 0 aliphatic heterocycles. The average Bonchev–Trinajstić information content (AvgIpc) is 3.20. The number of thiazole rings is 1. The van der Waals surface area contributed by atoms with Crippen molar-refractivity contribution < 1.29 is 0 Å². The first kappa shape index (κ1) is 17.2. The Labute approximate surface area is 155 Å². The highest BCUT2D eigenvalue weighted by Gasteiger charge is 2.37. The Morgan fingerprint density at radius 3 is 2.44 bits per heavy atom. The molecule has 2 nitrogen and oxygen atoms in total. The van der Waals surface area contributed by atoms with Gasteiger partial charge in [-0.2, -0.15) is 0 Å². The number of nitrogens with two attached hydrogens (primary N) is 1. The summed E-state index contributed by atoms with van der Waals surface area (Å²) in [7, 11) is 0. The van der Waals surface area contributed by atoms with Gasteiger partial charge in [-0.1, -0.05) is 39.8 Å². The van der Waals surface area contributed by atoms with Crippen molar-refractivity contribution in [3.05, 3.63) is 39.7 Å². The van der Waals surface area contributed by atoms with Crippen LogP contribution in [0.2, 0.25) is 0 Å². The number of hydrogen-bond acceptors (Lipinski definition) is 3. The molecule has 0 bridgehead atoms. The molecule has 3 heteroatoms. The molecule has 4 rings (SSSR count). The van der Waals surface area contributed by atoms with Crippen molar-refractivity contribution in [2.75, 3.05) is 0 Å². The number of fused-ring (bicyclic) bond motifs is 1. The number of rotatable bonds is 2. The molecule has 134 valence electrons. The van der Waals surface area contributed by atoms with Gasteiger partial charge in [-0.15, -0.1) is 11.3 Å². The maximum absolute atomic E-state index is 6.09. The molecule has 0 radical (unpaired) electrons. The Morgan fingerprint density at radius 2 is 1.76 bits per heavy atom. The third-order valence-electron chi connectivity index (χ3n) is 6.49. The third kappa shape index (κ3) is 3.06. The zero-order valence-corrected chi connectivity index (χ0v) is 16.7. The van der Waals surface area contributed by atoms with Crippen LogP contribution >= 0.6 is 11.3 Å². The van der Waals surface area contributed by atoms with Crippen molar-refractivity contribution in [3.8, 4) is 11.3 Å². The summed E-state index contributed by atoms with van der Waals surface area (Å²) in [5, 5.41) is 3.52. The molecule has 2 N–H and O–H groups in total. The van der Waals surface area contributed by atoms with Crippen LogP contribution in [0.25, 0.3) is 11.3 Å². The van der Waals surface area contributed by atoms with Crippen molar-refractivity contribution in [1.29, 1.82) is 0 Å². The van der Waals surface area contributed by atoms with Crippen molar-refractivity contribution in [3.63, 3.8) is 0 Å². The molecule has 0 saturated heterocycles. The van der Waals surface area contributed by atoms with Crippen LogP contribution in [-0.4, -0.2) is 11.0 Å². The normalized spacial score (nSPS) is 27.2. The second kappa shape index (κ2) is 5.92. The molecule has 25 heavy (non-hydrogen) atoms. The second-order valence-corrected chi connectivity index (χ2v) is 10.3. The monoisotopic (exact) mass is 354 g/mol. The lowest BCUT2D eigenvalue weighted by Gasteiger charge is -2.42. The van der Waals surface area contributed by atoms with Gasteiger partial charge in [0, 0.05) is 22.9 Å². The molecule has 1 aromatic heterocycles. The van der Waals surface area contributed by atoms with Crippen LogP contribution in [0.4, 0.5) is 0 Å². The van der Waals surface area contributed by atoms with E-state index < -0.39 is 0 Å². The predicted octanol–water partition coefficient (Wildman–Crippen LogP) is 5.75. The zero-order chi connectivity index (χ0) is 17.8. The molecule has 2 aromatic rings. The van der Waals surface area contributed by atoms with Crippen molar-refractivity contribution in [2.45, 2.75) is 82.6 Å². The Morgan fingerprint density at radius 1 is 1.04 bits per heavy atom. The van der Waals surface area contributed by atoms with Gasteiger partial charge in [0.2, 0.25) is 0 Å². The first-order valence-corrected chi connectivity index (χ1v) is 10.5. The number of hydrogen-bond donors (Lipinski definition) is 1. The van der Waals surface area contributed by atoms with Crippen molar-refractivity contribution in [2.24, 2.45) is 5.73 Å². The molecule has 2 aliphatic rings. The van der Waals surface area contributed by atoms with Gasteiger partial charge in [0.25, 0.3) is 0 Å². The minimum atomic E-state index is 0.248. The highest BCUT2D eigenvalue weighted by atomic mass is 32.1. The predicted molar refractivity (Wildman–Crippen MR) is 107 cm³/mol. The van der Waals surface area contributed by atoms with Crippen LogP contribution in [0.1, 0.15) is 81.9 Å². The molecular formula is C22H30N2S. The van der Waals surface area contributed by atoms with Crippen LogP contribution in [-0.2, 0) is 10.8 Å². The van der Waals surface area contributed by atoms with E-state index in [4.69, 9.17) is 10.7 Å². The van der Waals surface area contributed by atoms with Gasteiger partial charge in [-0.3, -0.25) is 0 Å². The lowest BCUT2D eigenvalue weighted by Crippen LogP contribution is -2.33. The quantitative estimate of drug-likeness (QED) is 0.745. The summed E-state index contributed by atoms with van der Waals surface area (Å²) in [6.45, 7) is 9.53. The molecule has 0 amide bonds. The average molecular weight is 355 g/mol. The van der Waals surface area contributed by atoms with Crippen LogP contribution in [0, 0.1) is 0 Å². The summed E-state index contributed by atoms with van der Waals surface area (Å²) in [4.78, 5) is 4.99. The molecule has 0 spiro atoms. The Hall–Kier alpha value is -1.19. The maximum atomic E-state index is 6.09. The van der Waals surface area contributed by atoms with E-state index in [1.165, 1.54) is 41.0 Å². The lowest BCUT2D eigenvalue weighted by molar-refractivity contribution is 0.332. The molecule has 1 aromatic carbocycles. The lowest BCUT2D eigenvalue weighted by atomic mass is 9.63. The fourth-order valence-corrected chi connectivity index (χ4v) is 5.58. The standard InChI is InChI=1S/C22H30N2S/c1-21(2)9-10-22(3,4)18-12-14(6-8-17(18)21)19-13-25-20(24-19)15-5-7-16(23)11-15/h6,8,12-13,15-16H,5,7,9-11,23H2,1-4H3. The molecule has 1 heterocycles. The Bertz CT molecular complexity index is 787. The summed E-state index contributed by atoms with van der Waals surface area (Å²) in [6.07, 6.45) is 5.94. The van der Waals surface area contributed by atoms with Gasteiger partial charge in [0.05, 0.1) is 10.7 Å². The SMILES string of the molecule is CC1(C)CCC(C)(C)c2cc(-c3csc(C4CCC(N)C4)n3)ccc21. The van der Waals surface area contributed by atoms with Crippen LogP contribution < -0.4 is 5.73 Å². The van der Waals surface area contributed by atoms with Gasteiger partial charge < -0.3 is 5.73 Å². The van der Waals surface area contributed by atoms with E-state index in [-0.39, 0.29) is 10.8 Å². The Kier molecular flexibility index (Phi) is 4.08. The highest BCUT2D eigenvalue weighted by Crippen LogP contribution is 2.47. The summed E-state index contributed by atoms with van der Waals surface area (Å²) >= 11 is 1.81. The topological polar surface area (TPSA) is 38.9 Å². The highest BCUT2D eigenvalue weighted by molar-refractivity contribution is 7.10. The van der Waals surface area contributed by atoms with Crippen molar-refractivity contribution >= 4 is 11.3 Å². The van der Waals surface area contributed by atoms with E-state index in [0.717, 1.165) is 18.5 Å². The van der Waals surface area contributed by atoms with E-state index in [1.807, 2.05) is 11.3 Å². The van der Waals surface area contributed by atoms with E-state index in [1.54, 1.807) is 0 Å². The van der Waals surface area contributed by atoms with E-state index >= 15 is 0 Å². The van der Waals surface area contributed by atoms with Gasteiger partial charge in [0.1, 0.15) is 0 Å². The molecule has 2 atom stereocenters. The molecular weight excluding hydrogens is 324 g/mol. The number of benzene rings is 1. The van der Waals surface area contributed by atoms with E-state index in [9.17, 15) is 0 Å². The van der Waals surface area contributed by atoms with Gasteiger partial charge in [0.15, 0.2) is 0 Å². The van der Waals surface area contributed by atoms with Crippen LogP contribution in [0.3, 0.4) is 0 Å². The fourth-order valence-electron chi connectivity index (χ4n) is 4.60. The fraction of sp³-hybridized carbons (Fsp3) is 0.591. The smallest absolute Gasteiger partial charge is 0.0964 e. The first-order valence-electron chi connectivity index (χ1n) is 9.63. The van der Waals surface area contributed by atoms with Crippen LogP contribution in [0.15, 0.2) is 23.6 Å². The summed E-state index contributed by atoms with van der Waals surface area (Å²) in [5.41, 5.74) is 12.1.